The number of hydrogen-bond acceptors (Lipinski definition) is 3. The van der Waals surface area contributed by atoms with E-state index in [-0.39, 0.29) is 5.91 Å². The fourth-order valence-corrected chi connectivity index (χ4v) is 3.05. The third-order valence-corrected chi connectivity index (χ3v) is 4.37. The van der Waals surface area contributed by atoms with Crippen LogP contribution in [0.25, 0.3) is 11.3 Å². The molecule has 4 nitrogen and oxygen atoms in total. The number of hydrogen-bond donors (Lipinski definition) is 0. The zero-order valence-electron chi connectivity index (χ0n) is 12.5. The number of amides is 1. The first-order chi connectivity index (χ1) is 10.6. The molecule has 22 heavy (non-hydrogen) atoms. The van der Waals surface area contributed by atoms with Crippen molar-refractivity contribution in [3.05, 3.63) is 47.4 Å². The van der Waals surface area contributed by atoms with Gasteiger partial charge in [-0.25, -0.2) is 4.98 Å². The molecule has 0 aliphatic carbocycles. The van der Waals surface area contributed by atoms with E-state index in [1.165, 1.54) is 0 Å². The lowest BCUT2D eigenvalue weighted by atomic mass is 9.93. The summed E-state index contributed by atoms with van der Waals surface area (Å²) in [5, 5.41) is 0.694. The van der Waals surface area contributed by atoms with E-state index in [9.17, 15) is 4.79 Å². The van der Waals surface area contributed by atoms with Gasteiger partial charge in [0.05, 0.1) is 17.6 Å². The summed E-state index contributed by atoms with van der Waals surface area (Å²) in [6, 6.07) is 7.64. The highest BCUT2D eigenvalue weighted by atomic mass is 35.5. The molecule has 0 saturated carbocycles. The molecule has 0 atom stereocenters. The molecule has 0 radical (unpaired) electrons. The number of likely N-dealkylation sites (tertiary alicyclic amines) is 1. The van der Waals surface area contributed by atoms with Gasteiger partial charge in [0.1, 0.15) is 0 Å². The van der Waals surface area contributed by atoms with E-state index in [4.69, 9.17) is 16.6 Å². The van der Waals surface area contributed by atoms with Gasteiger partial charge < -0.3 is 4.90 Å². The molecular weight excluding hydrogens is 298 g/mol. The lowest BCUT2D eigenvalue weighted by Crippen LogP contribution is -2.36. The molecule has 0 spiro atoms. The quantitative estimate of drug-likeness (QED) is 0.851. The van der Waals surface area contributed by atoms with Gasteiger partial charge >= 0.3 is 0 Å². The first-order valence-corrected chi connectivity index (χ1v) is 7.84. The van der Waals surface area contributed by atoms with Crippen molar-refractivity contribution in [2.24, 2.45) is 0 Å². The van der Waals surface area contributed by atoms with Crippen molar-refractivity contribution in [3.63, 3.8) is 0 Å². The highest BCUT2D eigenvalue weighted by molar-refractivity contribution is 6.30. The third kappa shape index (κ3) is 3.28. The number of carbonyl (C=O) groups excluding carboxylic acids is 1. The molecule has 114 valence electrons. The van der Waals surface area contributed by atoms with E-state index in [1.54, 1.807) is 13.1 Å². The Morgan fingerprint density at radius 1 is 1.27 bits per heavy atom. The standard InChI is InChI=1S/C17H18ClN3O/c1-12(22)21-7-5-13(6-8-21)16-10-19-11-17(20-16)14-3-2-4-15(18)9-14/h2-4,9-11,13H,5-8H2,1H3. The topological polar surface area (TPSA) is 46.1 Å². The predicted octanol–water partition coefficient (Wildman–Crippen LogP) is 3.52. The van der Waals surface area contributed by atoms with E-state index >= 15 is 0 Å². The molecule has 1 saturated heterocycles. The lowest BCUT2D eigenvalue weighted by molar-refractivity contribution is -0.129. The number of piperidine rings is 1. The van der Waals surface area contributed by atoms with E-state index in [1.807, 2.05) is 35.4 Å². The van der Waals surface area contributed by atoms with Gasteiger partial charge in [-0.2, -0.15) is 0 Å². The molecule has 1 aromatic heterocycles. The first-order valence-electron chi connectivity index (χ1n) is 7.47. The highest BCUT2D eigenvalue weighted by Crippen LogP contribution is 2.28. The second-order valence-electron chi connectivity index (χ2n) is 5.62. The van der Waals surface area contributed by atoms with Gasteiger partial charge in [0, 0.05) is 42.7 Å². The molecule has 1 amide bonds. The minimum Gasteiger partial charge on any atom is -0.343 e. The van der Waals surface area contributed by atoms with Crippen molar-refractivity contribution in [3.8, 4) is 11.3 Å². The maximum atomic E-state index is 11.4. The van der Waals surface area contributed by atoms with Gasteiger partial charge in [-0.15, -0.1) is 0 Å². The minimum absolute atomic E-state index is 0.150. The Labute approximate surface area is 135 Å². The number of halogens is 1. The van der Waals surface area contributed by atoms with Crippen LogP contribution in [-0.4, -0.2) is 33.9 Å². The first kappa shape index (κ1) is 15.0. The fourth-order valence-electron chi connectivity index (χ4n) is 2.85. The predicted molar refractivity (Wildman–Crippen MR) is 86.7 cm³/mol. The van der Waals surface area contributed by atoms with Gasteiger partial charge in [0.15, 0.2) is 0 Å². The van der Waals surface area contributed by atoms with Gasteiger partial charge in [-0.1, -0.05) is 23.7 Å². The number of benzene rings is 1. The average Bonchev–Trinajstić information content (AvgIpc) is 2.55. The van der Waals surface area contributed by atoms with Crippen LogP contribution in [0.5, 0.6) is 0 Å². The normalized spacial score (nSPS) is 15.8. The third-order valence-electron chi connectivity index (χ3n) is 4.13. The van der Waals surface area contributed by atoms with Crippen LogP contribution in [0.4, 0.5) is 0 Å². The van der Waals surface area contributed by atoms with Crippen LogP contribution < -0.4 is 0 Å². The molecule has 0 N–H and O–H groups in total. The van der Waals surface area contributed by atoms with Crippen molar-refractivity contribution in [2.45, 2.75) is 25.7 Å². The monoisotopic (exact) mass is 315 g/mol. The molecule has 2 aromatic rings. The summed E-state index contributed by atoms with van der Waals surface area (Å²) in [5.74, 6) is 0.513. The maximum Gasteiger partial charge on any atom is 0.219 e. The molecule has 0 unspecified atom stereocenters. The Morgan fingerprint density at radius 3 is 2.73 bits per heavy atom. The smallest absolute Gasteiger partial charge is 0.219 e. The van der Waals surface area contributed by atoms with E-state index in [0.717, 1.165) is 42.9 Å². The highest BCUT2D eigenvalue weighted by Gasteiger charge is 2.23. The lowest BCUT2D eigenvalue weighted by Gasteiger charge is -2.30. The Hall–Kier alpha value is -1.94. The molecule has 1 fully saturated rings. The Morgan fingerprint density at radius 2 is 2.05 bits per heavy atom. The Balaban J connectivity index is 1.79. The number of nitrogens with zero attached hydrogens (tertiary/aromatic N) is 3. The summed E-state index contributed by atoms with van der Waals surface area (Å²) in [7, 11) is 0. The Bertz CT molecular complexity index is 681. The average molecular weight is 316 g/mol. The summed E-state index contributed by atoms with van der Waals surface area (Å²) in [4.78, 5) is 22.4. The zero-order valence-corrected chi connectivity index (χ0v) is 13.3. The number of rotatable bonds is 2. The molecule has 1 aliphatic rings. The summed E-state index contributed by atoms with van der Waals surface area (Å²) in [6.07, 6.45) is 5.47. The van der Waals surface area contributed by atoms with Crippen LogP contribution in [-0.2, 0) is 4.79 Å². The summed E-state index contributed by atoms with van der Waals surface area (Å²) in [5.41, 5.74) is 2.82. The number of aromatic nitrogens is 2. The summed E-state index contributed by atoms with van der Waals surface area (Å²) < 4.78 is 0. The zero-order chi connectivity index (χ0) is 15.5. The molecule has 3 rings (SSSR count). The van der Waals surface area contributed by atoms with E-state index < -0.39 is 0 Å². The fraction of sp³-hybridized carbons (Fsp3) is 0.353. The van der Waals surface area contributed by atoms with Crippen molar-refractivity contribution < 1.29 is 4.79 Å². The molecular formula is C17H18ClN3O. The summed E-state index contributed by atoms with van der Waals surface area (Å²) >= 11 is 6.04. The van der Waals surface area contributed by atoms with Crippen molar-refractivity contribution in [1.82, 2.24) is 14.9 Å². The molecule has 0 bridgehead atoms. The molecule has 5 heteroatoms. The van der Waals surface area contributed by atoms with Crippen LogP contribution in [0.2, 0.25) is 5.02 Å². The summed E-state index contributed by atoms with van der Waals surface area (Å²) in [6.45, 7) is 3.21. The van der Waals surface area contributed by atoms with Gasteiger partial charge in [-0.05, 0) is 25.0 Å². The Kier molecular flexibility index (Phi) is 4.39. The van der Waals surface area contributed by atoms with Crippen LogP contribution in [0, 0.1) is 0 Å². The number of carbonyl (C=O) groups is 1. The van der Waals surface area contributed by atoms with Gasteiger partial charge in [-0.3, -0.25) is 9.78 Å². The second kappa shape index (κ2) is 6.44. The molecule has 1 aromatic carbocycles. The SMILES string of the molecule is CC(=O)N1CCC(c2cncc(-c3cccc(Cl)c3)n2)CC1. The molecule has 1 aliphatic heterocycles. The van der Waals surface area contributed by atoms with Crippen molar-refractivity contribution in [2.75, 3.05) is 13.1 Å². The largest absolute Gasteiger partial charge is 0.343 e. The van der Waals surface area contributed by atoms with E-state index in [2.05, 4.69) is 4.98 Å². The molecule has 2 heterocycles. The van der Waals surface area contributed by atoms with Crippen LogP contribution in [0.1, 0.15) is 31.4 Å². The van der Waals surface area contributed by atoms with Gasteiger partial charge in [0.2, 0.25) is 5.91 Å². The van der Waals surface area contributed by atoms with E-state index in [0.29, 0.717) is 10.9 Å². The van der Waals surface area contributed by atoms with Crippen LogP contribution in [0.3, 0.4) is 0 Å². The van der Waals surface area contributed by atoms with Crippen LogP contribution >= 0.6 is 11.6 Å². The second-order valence-corrected chi connectivity index (χ2v) is 6.06. The van der Waals surface area contributed by atoms with Crippen molar-refractivity contribution >= 4 is 17.5 Å². The minimum atomic E-state index is 0.150. The maximum absolute atomic E-state index is 11.4. The van der Waals surface area contributed by atoms with Crippen molar-refractivity contribution in [1.29, 1.82) is 0 Å². The van der Waals surface area contributed by atoms with Gasteiger partial charge in [0.25, 0.3) is 0 Å². The van der Waals surface area contributed by atoms with Crippen LogP contribution in [0.15, 0.2) is 36.7 Å².